The van der Waals surface area contributed by atoms with E-state index in [0.717, 1.165) is 61.1 Å². The van der Waals surface area contributed by atoms with Crippen molar-refractivity contribution in [3.05, 3.63) is 89.5 Å². The third kappa shape index (κ3) is 8.73. The summed E-state index contributed by atoms with van der Waals surface area (Å²) < 4.78 is 12.4. The van der Waals surface area contributed by atoms with Gasteiger partial charge in [0, 0.05) is 43.8 Å². The van der Waals surface area contributed by atoms with Crippen LogP contribution < -0.4 is 10.1 Å². The lowest BCUT2D eigenvalue weighted by Gasteiger charge is -2.24. The molecule has 2 heterocycles. The van der Waals surface area contributed by atoms with Gasteiger partial charge in [-0.2, -0.15) is 0 Å². The summed E-state index contributed by atoms with van der Waals surface area (Å²) in [5.41, 5.74) is 4.44. The lowest BCUT2D eigenvalue weighted by molar-refractivity contribution is 0.113. The fourth-order valence-electron chi connectivity index (χ4n) is 4.92. The van der Waals surface area contributed by atoms with Gasteiger partial charge in [-0.3, -0.25) is 4.90 Å². The standard InChI is InChI=1S/C34H45N3O3/c1-5-11-29-19-22-37(33(38)35-21-10-14-26-12-7-6-8-13-26)30-16-9-15-27(24-31(30)40-29)28-17-18-32(36-25-28)39-23-20-34(2,3)4/h6-9,12-13,15,17-18,24-25,29H,5,10-11,14,16,19-23H2,1-4H3,(H,35,38). The minimum Gasteiger partial charge on any atom is -0.488 e. The van der Waals surface area contributed by atoms with Crippen molar-refractivity contribution in [3.8, 4) is 5.88 Å². The van der Waals surface area contributed by atoms with Gasteiger partial charge in [0.25, 0.3) is 0 Å². The number of hydrogen-bond donors (Lipinski definition) is 1. The Morgan fingerprint density at radius 1 is 1.18 bits per heavy atom. The highest BCUT2D eigenvalue weighted by Crippen LogP contribution is 2.32. The molecule has 6 nitrogen and oxygen atoms in total. The van der Waals surface area contributed by atoms with E-state index in [-0.39, 0.29) is 17.6 Å². The van der Waals surface area contributed by atoms with Crippen molar-refractivity contribution in [2.75, 3.05) is 19.7 Å². The summed E-state index contributed by atoms with van der Waals surface area (Å²) >= 11 is 0. The molecule has 40 heavy (non-hydrogen) atoms. The molecule has 214 valence electrons. The number of nitrogens with one attached hydrogen (secondary N) is 1. The number of ether oxygens (including phenoxy) is 2. The third-order valence-electron chi connectivity index (χ3n) is 7.26. The number of benzene rings is 1. The first-order valence-corrected chi connectivity index (χ1v) is 14.8. The molecule has 2 amide bonds. The molecule has 6 heteroatoms. The first-order chi connectivity index (χ1) is 19.3. The van der Waals surface area contributed by atoms with E-state index in [9.17, 15) is 4.79 Å². The Morgan fingerprint density at radius 3 is 2.73 bits per heavy atom. The van der Waals surface area contributed by atoms with Crippen LogP contribution in [-0.4, -0.2) is 41.7 Å². The molecule has 1 unspecified atom stereocenters. The predicted octanol–water partition coefficient (Wildman–Crippen LogP) is 7.68. The monoisotopic (exact) mass is 543 g/mol. The van der Waals surface area contributed by atoms with E-state index in [1.807, 2.05) is 29.3 Å². The number of urea groups is 1. The van der Waals surface area contributed by atoms with Crippen molar-refractivity contribution < 1.29 is 14.3 Å². The molecule has 1 aromatic carbocycles. The van der Waals surface area contributed by atoms with Crippen molar-refractivity contribution in [2.45, 2.75) is 78.7 Å². The molecule has 0 spiro atoms. The van der Waals surface area contributed by atoms with E-state index in [0.29, 0.717) is 32.0 Å². The molecule has 2 aromatic rings. The molecule has 0 bridgehead atoms. The quantitative estimate of drug-likeness (QED) is 0.312. The number of hydrogen-bond acceptors (Lipinski definition) is 4. The molecule has 0 saturated carbocycles. The fourth-order valence-corrected chi connectivity index (χ4v) is 4.92. The van der Waals surface area contributed by atoms with Crippen LogP contribution in [-0.2, 0) is 11.2 Å². The van der Waals surface area contributed by atoms with E-state index < -0.39 is 0 Å². The maximum atomic E-state index is 13.4. The van der Waals surface area contributed by atoms with E-state index in [1.54, 1.807) is 0 Å². The molecule has 0 saturated heterocycles. The Balaban J connectivity index is 1.47. The topological polar surface area (TPSA) is 63.7 Å². The summed E-state index contributed by atoms with van der Waals surface area (Å²) in [6, 6.07) is 14.3. The van der Waals surface area contributed by atoms with Crippen LogP contribution in [0.25, 0.3) is 5.57 Å². The number of carbonyl (C=O) groups excluding carboxylic acids is 1. The van der Waals surface area contributed by atoms with E-state index in [1.165, 1.54) is 5.56 Å². The number of rotatable bonds is 10. The van der Waals surface area contributed by atoms with Gasteiger partial charge in [-0.1, -0.05) is 76.6 Å². The molecule has 1 atom stereocenters. The molecule has 4 rings (SSSR count). The summed E-state index contributed by atoms with van der Waals surface area (Å²) in [7, 11) is 0. The maximum Gasteiger partial charge on any atom is 0.321 e. The van der Waals surface area contributed by atoms with Gasteiger partial charge in [0.2, 0.25) is 5.88 Å². The Hall–Kier alpha value is -3.54. The van der Waals surface area contributed by atoms with Gasteiger partial charge in [0.1, 0.15) is 11.9 Å². The molecule has 1 aliphatic heterocycles. The van der Waals surface area contributed by atoms with E-state index >= 15 is 0 Å². The molecule has 0 fully saturated rings. The summed E-state index contributed by atoms with van der Waals surface area (Å²) in [5.74, 6) is 1.41. The average molecular weight is 544 g/mol. The third-order valence-corrected chi connectivity index (χ3v) is 7.26. The second-order valence-corrected chi connectivity index (χ2v) is 11.9. The highest BCUT2D eigenvalue weighted by molar-refractivity contribution is 5.79. The number of aryl methyl sites for hydroxylation is 1. The lowest BCUT2D eigenvalue weighted by Crippen LogP contribution is -2.40. The molecular weight excluding hydrogens is 498 g/mol. The van der Waals surface area contributed by atoms with Gasteiger partial charge in [-0.25, -0.2) is 9.78 Å². The zero-order chi connectivity index (χ0) is 28.4. The molecule has 1 aromatic heterocycles. The summed E-state index contributed by atoms with van der Waals surface area (Å²) in [5, 5.41) is 3.15. The van der Waals surface area contributed by atoms with Gasteiger partial charge in [0.15, 0.2) is 0 Å². The number of allylic oxidation sites excluding steroid dienone is 4. The summed E-state index contributed by atoms with van der Waals surface area (Å²) in [6.45, 7) is 10.7. The minimum atomic E-state index is -0.0509. The Bertz CT molecular complexity index is 1190. The number of amides is 2. The van der Waals surface area contributed by atoms with Gasteiger partial charge in [-0.15, -0.1) is 0 Å². The van der Waals surface area contributed by atoms with Crippen molar-refractivity contribution in [3.63, 3.8) is 0 Å². The van der Waals surface area contributed by atoms with Crippen molar-refractivity contribution in [1.82, 2.24) is 15.2 Å². The van der Waals surface area contributed by atoms with Crippen molar-refractivity contribution >= 4 is 11.6 Å². The predicted molar refractivity (Wildman–Crippen MR) is 162 cm³/mol. The molecule has 0 radical (unpaired) electrons. The average Bonchev–Trinajstić information content (AvgIpc) is 3.23. The number of aromatic nitrogens is 1. The van der Waals surface area contributed by atoms with E-state index in [2.05, 4.69) is 80.5 Å². The zero-order valence-corrected chi connectivity index (χ0v) is 24.6. The van der Waals surface area contributed by atoms with Crippen LogP contribution in [0.2, 0.25) is 0 Å². The number of nitrogens with zero attached hydrogens (tertiary/aromatic N) is 2. The van der Waals surface area contributed by atoms with Gasteiger partial charge >= 0.3 is 6.03 Å². The molecule has 2 aliphatic rings. The first kappa shape index (κ1) is 29.4. The minimum absolute atomic E-state index is 0.0509. The van der Waals surface area contributed by atoms with E-state index in [4.69, 9.17) is 9.47 Å². The van der Waals surface area contributed by atoms with Crippen LogP contribution in [0.4, 0.5) is 4.79 Å². The van der Waals surface area contributed by atoms with Gasteiger partial charge in [0.05, 0.1) is 12.3 Å². The van der Waals surface area contributed by atoms with Crippen LogP contribution in [0.1, 0.15) is 77.3 Å². The van der Waals surface area contributed by atoms with Gasteiger partial charge in [-0.05, 0) is 54.4 Å². The highest BCUT2D eigenvalue weighted by Gasteiger charge is 2.28. The zero-order valence-electron chi connectivity index (χ0n) is 24.6. The van der Waals surface area contributed by atoms with Crippen LogP contribution in [0.5, 0.6) is 5.88 Å². The fraction of sp³-hybridized carbons (Fsp3) is 0.471. The number of pyridine rings is 1. The number of carbonyl (C=O) groups is 1. The lowest BCUT2D eigenvalue weighted by atomic mass is 9.93. The largest absolute Gasteiger partial charge is 0.488 e. The van der Waals surface area contributed by atoms with Crippen molar-refractivity contribution in [1.29, 1.82) is 0 Å². The molecular formula is C34H45N3O3. The maximum absolute atomic E-state index is 13.4. The Kier molecular flexibility index (Phi) is 10.5. The SMILES string of the molecule is CCCC1CCN(C(=O)NCCCc2ccccc2)C2=C(C=C(c3ccc(OCCC(C)(C)C)nc3)C=CC2)O1. The summed E-state index contributed by atoms with van der Waals surface area (Å²) in [6.07, 6.45) is 14.5. The Labute approximate surface area is 240 Å². The first-order valence-electron chi connectivity index (χ1n) is 14.8. The highest BCUT2D eigenvalue weighted by atomic mass is 16.5. The van der Waals surface area contributed by atoms with Crippen LogP contribution in [0.3, 0.4) is 0 Å². The molecule has 1 aliphatic carbocycles. The Morgan fingerprint density at radius 2 is 2.00 bits per heavy atom. The van der Waals surface area contributed by atoms with Crippen molar-refractivity contribution in [2.24, 2.45) is 5.41 Å². The van der Waals surface area contributed by atoms with Gasteiger partial charge < -0.3 is 14.8 Å². The smallest absolute Gasteiger partial charge is 0.321 e. The second kappa shape index (κ2) is 14.2. The molecule has 1 N–H and O–H groups in total. The second-order valence-electron chi connectivity index (χ2n) is 11.9. The summed E-state index contributed by atoms with van der Waals surface area (Å²) in [4.78, 5) is 19.8. The normalized spacial score (nSPS) is 17.4. The van der Waals surface area contributed by atoms with Crippen LogP contribution in [0.15, 0.2) is 78.3 Å². The van der Waals surface area contributed by atoms with Crippen LogP contribution >= 0.6 is 0 Å². The van der Waals surface area contributed by atoms with Crippen LogP contribution in [0, 0.1) is 5.41 Å².